The van der Waals surface area contributed by atoms with Gasteiger partial charge in [-0.2, -0.15) is 0 Å². The molecule has 2 aromatic carbocycles. The van der Waals surface area contributed by atoms with Crippen molar-refractivity contribution < 1.29 is 4.79 Å². The molecule has 1 amide bonds. The first kappa shape index (κ1) is 21.5. The topological polar surface area (TPSA) is 68.0 Å². The SMILES string of the molecule is CCn1c2ccccc2c2cc(NC(=O)[C@H](C)Sc3nnc(N4CCCC4)n3C3CC3)ccc21. The fourth-order valence-corrected chi connectivity index (χ4v) is 5.98. The third-order valence-electron chi connectivity index (χ3n) is 6.96. The van der Waals surface area contributed by atoms with Gasteiger partial charge in [-0.3, -0.25) is 9.36 Å². The van der Waals surface area contributed by atoms with Gasteiger partial charge in [0, 0.05) is 53.2 Å². The zero-order valence-corrected chi connectivity index (χ0v) is 20.5. The molecule has 1 N–H and O–H groups in total. The average molecular weight is 475 g/mol. The molecule has 0 radical (unpaired) electrons. The number of fused-ring (bicyclic) bond motifs is 3. The molecule has 176 valence electrons. The van der Waals surface area contributed by atoms with Crippen molar-refractivity contribution in [3.63, 3.8) is 0 Å². The number of carbonyl (C=O) groups is 1. The Labute approximate surface area is 203 Å². The summed E-state index contributed by atoms with van der Waals surface area (Å²) in [7, 11) is 0. The molecule has 1 aliphatic heterocycles. The van der Waals surface area contributed by atoms with Gasteiger partial charge >= 0.3 is 0 Å². The highest BCUT2D eigenvalue weighted by molar-refractivity contribution is 8.00. The van der Waals surface area contributed by atoms with E-state index in [9.17, 15) is 4.79 Å². The van der Waals surface area contributed by atoms with Gasteiger partial charge in [0.25, 0.3) is 0 Å². The molecule has 3 heterocycles. The lowest BCUT2D eigenvalue weighted by Crippen LogP contribution is -2.24. The van der Waals surface area contributed by atoms with Crippen LogP contribution in [0.1, 0.15) is 45.6 Å². The van der Waals surface area contributed by atoms with Crippen LogP contribution in [0.5, 0.6) is 0 Å². The molecule has 6 rings (SSSR count). The Morgan fingerprint density at radius 3 is 2.62 bits per heavy atom. The Hall–Kier alpha value is -3.00. The summed E-state index contributed by atoms with van der Waals surface area (Å²) < 4.78 is 4.59. The highest BCUT2D eigenvalue weighted by Crippen LogP contribution is 2.42. The van der Waals surface area contributed by atoms with E-state index in [1.54, 1.807) is 0 Å². The standard InChI is InChI=1S/C26H30N6OS/c1-3-31-22-9-5-4-8-20(22)21-16-18(10-13-23(21)31)27-24(33)17(2)34-26-29-28-25(30-14-6-7-15-30)32(26)19-11-12-19/h4-5,8-10,13,16-17,19H,3,6-7,11-12,14-15H2,1-2H3,(H,27,33)/t17-/m0/s1. The Balaban J connectivity index is 1.22. The number of aromatic nitrogens is 4. The van der Waals surface area contributed by atoms with Crippen molar-refractivity contribution in [1.82, 2.24) is 19.3 Å². The van der Waals surface area contributed by atoms with Crippen LogP contribution < -0.4 is 10.2 Å². The quantitative estimate of drug-likeness (QED) is 0.360. The van der Waals surface area contributed by atoms with E-state index in [1.165, 1.54) is 59.3 Å². The molecule has 0 unspecified atom stereocenters. The third-order valence-corrected chi connectivity index (χ3v) is 8.01. The van der Waals surface area contributed by atoms with Crippen molar-refractivity contribution >= 4 is 51.1 Å². The van der Waals surface area contributed by atoms with E-state index in [1.807, 2.05) is 13.0 Å². The van der Waals surface area contributed by atoms with E-state index in [2.05, 4.69) is 72.9 Å². The molecular formula is C26H30N6OS. The second kappa shape index (κ2) is 8.65. The van der Waals surface area contributed by atoms with Gasteiger partial charge < -0.3 is 14.8 Å². The largest absolute Gasteiger partial charge is 0.341 e. The third kappa shape index (κ3) is 3.74. The maximum atomic E-state index is 13.1. The van der Waals surface area contributed by atoms with Crippen LogP contribution in [-0.2, 0) is 11.3 Å². The second-order valence-electron chi connectivity index (χ2n) is 9.32. The normalized spacial score (nSPS) is 17.1. The maximum Gasteiger partial charge on any atom is 0.237 e. The number of para-hydroxylation sites is 1. The average Bonchev–Trinajstić information content (AvgIpc) is 3.26. The highest BCUT2D eigenvalue weighted by Gasteiger charge is 2.33. The second-order valence-corrected chi connectivity index (χ2v) is 10.6. The summed E-state index contributed by atoms with van der Waals surface area (Å²) in [4.78, 5) is 15.5. The van der Waals surface area contributed by atoms with Crippen LogP contribution in [0.25, 0.3) is 21.8 Å². The molecule has 1 aliphatic carbocycles. The minimum absolute atomic E-state index is 0.0170. The first-order chi connectivity index (χ1) is 16.6. The Morgan fingerprint density at radius 2 is 1.85 bits per heavy atom. The number of aryl methyl sites for hydroxylation is 1. The molecule has 34 heavy (non-hydrogen) atoms. The van der Waals surface area contributed by atoms with Crippen molar-refractivity contribution in [1.29, 1.82) is 0 Å². The van der Waals surface area contributed by atoms with Gasteiger partial charge in [-0.05, 0) is 63.8 Å². The summed E-state index contributed by atoms with van der Waals surface area (Å²) in [6.45, 7) is 7.11. The van der Waals surface area contributed by atoms with Gasteiger partial charge in [-0.15, -0.1) is 10.2 Å². The van der Waals surface area contributed by atoms with Gasteiger partial charge in [0.15, 0.2) is 5.16 Å². The smallest absolute Gasteiger partial charge is 0.237 e. The van der Waals surface area contributed by atoms with Gasteiger partial charge in [-0.25, -0.2) is 0 Å². The molecule has 0 spiro atoms. The predicted molar refractivity (Wildman–Crippen MR) is 139 cm³/mol. The number of rotatable bonds is 7. The fraction of sp³-hybridized carbons (Fsp3) is 0.423. The first-order valence-corrected chi connectivity index (χ1v) is 13.2. The van der Waals surface area contributed by atoms with Gasteiger partial charge in [0.1, 0.15) is 0 Å². The maximum absolute atomic E-state index is 13.1. The number of thioether (sulfide) groups is 1. The van der Waals surface area contributed by atoms with Gasteiger partial charge in [0.05, 0.1) is 5.25 Å². The molecule has 8 heteroatoms. The van der Waals surface area contributed by atoms with E-state index < -0.39 is 0 Å². The fourth-order valence-electron chi connectivity index (χ4n) is 5.06. The van der Waals surface area contributed by atoms with Crippen LogP contribution in [-0.4, -0.2) is 43.6 Å². The number of hydrogen-bond acceptors (Lipinski definition) is 5. The summed E-state index contributed by atoms with van der Waals surface area (Å²) >= 11 is 1.51. The molecule has 1 atom stereocenters. The predicted octanol–water partition coefficient (Wildman–Crippen LogP) is 5.46. The number of carbonyl (C=O) groups excluding carboxylic acids is 1. The monoisotopic (exact) mass is 474 g/mol. The van der Waals surface area contributed by atoms with Crippen LogP contribution in [0.4, 0.5) is 11.6 Å². The lowest BCUT2D eigenvalue weighted by Gasteiger charge is -2.18. The lowest BCUT2D eigenvalue weighted by molar-refractivity contribution is -0.115. The highest BCUT2D eigenvalue weighted by atomic mass is 32.2. The molecule has 2 aromatic heterocycles. The molecule has 7 nitrogen and oxygen atoms in total. The number of anilines is 2. The van der Waals surface area contributed by atoms with Crippen molar-refractivity contribution in [3.05, 3.63) is 42.5 Å². The molecule has 4 aromatic rings. The molecule has 2 fully saturated rings. The molecule has 1 saturated heterocycles. The van der Waals surface area contributed by atoms with E-state index in [0.29, 0.717) is 6.04 Å². The van der Waals surface area contributed by atoms with E-state index in [-0.39, 0.29) is 11.2 Å². The van der Waals surface area contributed by atoms with Crippen LogP contribution in [0.3, 0.4) is 0 Å². The lowest BCUT2D eigenvalue weighted by atomic mass is 10.1. The minimum atomic E-state index is -0.277. The van der Waals surface area contributed by atoms with Gasteiger partial charge in [-0.1, -0.05) is 30.0 Å². The van der Waals surface area contributed by atoms with Gasteiger partial charge in [0.2, 0.25) is 11.9 Å². The van der Waals surface area contributed by atoms with Crippen molar-refractivity contribution in [2.24, 2.45) is 0 Å². The Kier molecular flexibility index (Phi) is 5.48. The van der Waals surface area contributed by atoms with Crippen LogP contribution in [0.15, 0.2) is 47.6 Å². The first-order valence-electron chi connectivity index (χ1n) is 12.3. The summed E-state index contributed by atoms with van der Waals surface area (Å²) in [5, 5.41) is 15.1. The Bertz CT molecular complexity index is 1360. The summed E-state index contributed by atoms with van der Waals surface area (Å²) in [6, 6.07) is 15.1. The summed E-state index contributed by atoms with van der Waals surface area (Å²) in [5.41, 5.74) is 3.24. The molecular weight excluding hydrogens is 444 g/mol. The van der Waals surface area contributed by atoms with Crippen LogP contribution in [0, 0.1) is 0 Å². The zero-order valence-electron chi connectivity index (χ0n) is 19.7. The van der Waals surface area contributed by atoms with E-state index >= 15 is 0 Å². The number of benzene rings is 2. The molecule has 0 bridgehead atoms. The molecule has 2 aliphatic rings. The summed E-state index contributed by atoms with van der Waals surface area (Å²) in [6.07, 6.45) is 4.75. The number of nitrogens with one attached hydrogen (secondary N) is 1. The van der Waals surface area contributed by atoms with E-state index in [4.69, 9.17) is 0 Å². The van der Waals surface area contributed by atoms with Crippen molar-refractivity contribution in [3.8, 4) is 0 Å². The minimum Gasteiger partial charge on any atom is -0.341 e. The number of hydrogen-bond donors (Lipinski definition) is 1. The number of nitrogens with zero attached hydrogens (tertiary/aromatic N) is 5. The van der Waals surface area contributed by atoms with E-state index in [0.717, 1.165) is 36.4 Å². The summed E-state index contributed by atoms with van der Waals surface area (Å²) in [5.74, 6) is 0.963. The number of amides is 1. The van der Waals surface area contributed by atoms with Crippen molar-refractivity contribution in [2.75, 3.05) is 23.3 Å². The molecule has 1 saturated carbocycles. The van der Waals surface area contributed by atoms with Crippen LogP contribution in [0.2, 0.25) is 0 Å². The van der Waals surface area contributed by atoms with Crippen molar-refractivity contribution in [2.45, 2.75) is 62.5 Å². The zero-order chi connectivity index (χ0) is 23.2. The van der Waals surface area contributed by atoms with Crippen LogP contribution >= 0.6 is 11.8 Å². The Morgan fingerprint density at radius 1 is 1.09 bits per heavy atom.